The third-order valence-corrected chi connectivity index (χ3v) is 7.99. The van der Waals surface area contributed by atoms with Crippen molar-refractivity contribution in [1.29, 1.82) is 0 Å². The van der Waals surface area contributed by atoms with Crippen LogP contribution in [0.4, 0.5) is 11.4 Å². The monoisotopic (exact) mass is 519 g/mol. The SMILES string of the molecule is COc1cncc(-c2cccc(Nc3c(C)noc3C3(C4(C(=O)O)CC4)C=CC(c4ccccc4)=CC3)c2)c1. The largest absolute Gasteiger partial charge is 0.495 e. The Balaban J connectivity index is 1.39. The quantitative estimate of drug-likeness (QED) is 0.260. The fourth-order valence-electron chi connectivity index (χ4n) is 5.63. The van der Waals surface area contributed by atoms with Gasteiger partial charge in [-0.2, -0.15) is 0 Å². The van der Waals surface area contributed by atoms with E-state index >= 15 is 0 Å². The van der Waals surface area contributed by atoms with Crippen molar-refractivity contribution in [2.45, 2.75) is 31.6 Å². The van der Waals surface area contributed by atoms with E-state index in [-0.39, 0.29) is 0 Å². The summed E-state index contributed by atoms with van der Waals surface area (Å²) in [5.41, 5.74) is 4.44. The minimum atomic E-state index is -0.946. The molecule has 2 aromatic carbocycles. The van der Waals surface area contributed by atoms with E-state index in [4.69, 9.17) is 9.26 Å². The van der Waals surface area contributed by atoms with Crippen LogP contribution in [0.1, 0.15) is 36.3 Å². The number of carboxylic acid groups (broad SMARTS) is 1. The fourth-order valence-corrected chi connectivity index (χ4v) is 5.63. The molecule has 7 heteroatoms. The lowest BCUT2D eigenvalue weighted by atomic mass is 9.65. The van der Waals surface area contributed by atoms with E-state index in [0.717, 1.165) is 28.0 Å². The first-order chi connectivity index (χ1) is 19.0. The Labute approximate surface area is 226 Å². The summed E-state index contributed by atoms with van der Waals surface area (Å²) in [6.45, 7) is 1.87. The van der Waals surface area contributed by atoms with Gasteiger partial charge in [-0.25, -0.2) is 0 Å². The molecule has 0 saturated heterocycles. The van der Waals surface area contributed by atoms with Gasteiger partial charge in [-0.1, -0.05) is 65.8 Å². The summed E-state index contributed by atoms with van der Waals surface area (Å²) in [5.74, 6) is 0.421. The Kier molecular flexibility index (Phi) is 6.06. The molecule has 1 atom stereocenters. The highest BCUT2D eigenvalue weighted by atomic mass is 16.5. The van der Waals surface area contributed by atoms with Crippen LogP contribution in [0.3, 0.4) is 0 Å². The van der Waals surface area contributed by atoms with Crippen LogP contribution >= 0.6 is 0 Å². The van der Waals surface area contributed by atoms with Crippen molar-refractivity contribution >= 4 is 22.9 Å². The van der Waals surface area contributed by atoms with Crippen molar-refractivity contribution in [1.82, 2.24) is 10.1 Å². The van der Waals surface area contributed by atoms with Gasteiger partial charge >= 0.3 is 5.97 Å². The van der Waals surface area contributed by atoms with Gasteiger partial charge in [0.1, 0.15) is 17.1 Å². The van der Waals surface area contributed by atoms with E-state index in [2.05, 4.69) is 33.7 Å². The number of benzene rings is 2. The van der Waals surface area contributed by atoms with Crippen LogP contribution in [0.5, 0.6) is 5.75 Å². The molecular weight excluding hydrogens is 490 g/mol. The molecule has 0 spiro atoms. The highest BCUT2D eigenvalue weighted by molar-refractivity contribution is 5.85. The molecular formula is C32H29N3O4. The Morgan fingerprint density at radius 1 is 1.03 bits per heavy atom. The highest BCUT2D eigenvalue weighted by Gasteiger charge is 2.66. The molecule has 0 radical (unpaired) electrons. The second-order valence-corrected chi connectivity index (χ2v) is 10.2. The van der Waals surface area contributed by atoms with Crippen LogP contribution in [0.25, 0.3) is 16.7 Å². The van der Waals surface area contributed by atoms with Crippen LogP contribution in [-0.2, 0) is 10.2 Å². The van der Waals surface area contributed by atoms with Crippen LogP contribution in [0.2, 0.25) is 0 Å². The van der Waals surface area contributed by atoms with E-state index in [1.807, 2.05) is 67.6 Å². The summed E-state index contributed by atoms with van der Waals surface area (Å²) >= 11 is 0. The number of carboxylic acids is 1. The van der Waals surface area contributed by atoms with Gasteiger partial charge in [0, 0.05) is 17.4 Å². The third kappa shape index (κ3) is 4.20. The molecule has 2 N–H and O–H groups in total. The molecule has 0 aliphatic heterocycles. The first-order valence-corrected chi connectivity index (χ1v) is 13.0. The van der Waals surface area contributed by atoms with E-state index in [1.54, 1.807) is 19.5 Å². The van der Waals surface area contributed by atoms with Crippen LogP contribution < -0.4 is 10.1 Å². The highest BCUT2D eigenvalue weighted by Crippen LogP contribution is 2.64. The van der Waals surface area contributed by atoms with Gasteiger partial charge in [-0.05, 0) is 61.1 Å². The van der Waals surface area contributed by atoms with E-state index in [0.29, 0.717) is 42.2 Å². The number of hydrogen-bond donors (Lipinski definition) is 2. The Hall–Kier alpha value is -4.65. The molecule has 1 fully saturated rings. The number of carbonyl (C=O) groups is 1. The first kappa shape index (κ1) is 24.7. The van der Waals surface area contributed by atoms with E-state index < -0.39 is 16.8 Å². The number of methoxy groups -OCH3 is 1. The van der Waals surface area contributed by atoms with Gasteiger partial charge in [-0.15, -0.1) is 0 Å². The summed E-state index contributed by atoms with van der Waals surface area (Å²) in [6, 6.07) is 20.0. The topological polar surface area (TPSA) is 97.5 Å². The molecule has 0 amide bonds. The maximum Gasteiger partial charge on any atom is 0.311 e. The number of rotatable bonds is 8. The molecule has 2 aromatic heterocycles. The number of ether oxygens (including phenoxy) is 1. The number of aromatic nitrogens is 2. The van der Waals surface area contributed by atoms with Crippen LogP contribution in [0, 0.1) is 12.3 Å². The number of nitrogens with one attached hydrogen (secondary N) is 1. The molecule has 196 valence electrons. The number of aryl methyl sites for hydroxylation is 1. The molecule has 7 nitrogen and oxygen atoms in total. The third-order valence-electron chi connectivity index (χ3n) is 7.99. The average Bonchev–Trinajstić information content (AvgIpc) is 3.73. The minimum Gasteiger partial charge on any atom is -0.495 e. The van der Waals surface area contributed by atoms with Crippen LogP contribution in [-0.4, -0.2) is 28.3 Å². The van der Waals surface area contributed by atoms with Gasteiger partial charge in [0.15, 0.2) is 5.76 Å². The maximum absolute atomic E-state index is 12.7. The molecule has 6 rings (SSSR count). The van der Waals surface area contributed by atoms with Gasteiger partial charge in [-0.3, -0.25) is 9.78 Å². The van der Waals surface area contributed by atoms with Crippen LogP contribution in [0.15, 0.2) is 95.8 Å². The summed E-state index contributed by atoms with van der Waals surface area (Å²) in [7, 11) is 1.62. The zero-order valence-corrected chi connectivity index (χ0v) is 21.8. The smallest absolute Gasteiger partial charge is 0.311 e. The molecule has 4 aromatic rings. The molecule has 0 bridgehead atoms. The lowest BCUT2D eigenvalue weighted by Crippen LogP contribution is -2.41. The van der Waals surface area contributed by atoms with Gasteiger partial charge < -0.3 is 19.7 Å². The van der Waals surface area contributed by atoms with Gasteiger partial charge in [0.2, 0.25) is 0 Å². The summed E-state index contributed by atoms with van der Waals surface area (Å²) in [5, 5.41) is 18.2. The number of anilines is 2. The van der Waals surface area contributed by atoms with Gasteiger partial charge in [0.25, 0.3) is 0 Å². The van der Waals surface area contributed by atoms with Crippen molar-refractivity contribution in [3.8, 4) is 16.9 Å². The zero-order valence-electron chi connectivity index (χ0n) is 21.8. The zero-order chi connectivity index (χ0) is 27.0. The Bertz CT molecular complexity index is 1600. The molecule has 39 heavy (non-hydrogen) atoms. The number of pyridine rings is 1. The normalized spacial score (nSPS) is 19.3. The number of nitrogens with zero attached hydrogens (tertiary/aromatic N) is 2. The van der Waals surface area contributed by atoms with Crippen molar-refractivity contribution in [2.24, 2.45) is 5.41 Å². The maximum atomic E-state index is 12.7. The van der Waals surface area contributed by atoms with E-state index in [1.165, 1.54) is 0 Å². The molecule has 2 heterocycles. The molecule has 2 aliphatic carbocycles. The number of hydrogen-bond acceptors (Lipinski definition) is 6. The fraction of sp³-hybridized carbons (Fsp3) is 0.219. The Morgan fingerprint density at radius 3 is 2.51 bits per heavy atom. The van der Waals surface area contributed by atoms with Crippen molar-refractivity contribution in [3.05, 3.63) is 108 Å². The predicted octanol–water partition coefficient (Wildman–Crippen LogP) is 6.94. The van der Waals surface area contributed by atoms with Crippen molar-refractivity contribution in [3.63, 3.8) is 0 Å². The van der Waals surface area contributed by atoms with Crippen molar-refractivity contribution in [2.75, 3.05) is 12.4 Å². The lowest BCUT2D eigenvalue weighted by Gasteiger charge is -2.36. The number of aliphatic carboxylic acids is 1. The number of allylic oxidation sites excluding steroid dienone is 4. The second-order valence-electron chi connectivity index (χ2n) is 10.2. The van der Waals surface area contributed by atoms with Gasteiger partial charge in [0.05, 0.1) is 24.1 Å². The van der Waals surface area contributed by atoms with Crippen molar-refractivity contribution < 1.29 is 19.2 Å². The lowest BCUT2D eigenvalue weighted by molar-refractivity contribution is -0.146. The van der Waals surface area contributed by atoms with E-state index in [9.17, 15) is 9.90 Å². The average molecular weight is 520 g/mol. The first-order valence-electron chi connectivity index (χ1n) is 13.0. The second kappa shape index (κ2) is 9.58. The summed E-state index contributed by atoms with van der Waals surface area (Å²) in [4.78, 5) is 17.0. The standard InChI is InChI=1S/C32H29N3O4/c1-21-28(34-26-10-6-9-24(17-26)25-18-27(38-2)20-33-19-25)29(39-35-21)31(32(15-16-32)30(36)37)13-11-23(12-14-31)22-7-4-3-5-8-22/h3-13,17-20,34H,14-16H2,1-2H3,(H,36,37). The predicted molar refractivity (Wildman–Crippen MR) is 150 cm³/mol. The summed E-state index contributed by atoms with van der Waals surface area (Å²) in [6.07, 6.45) is 11.3. The molecule has 1 saturated carbocycles. The molecule has 1 unspecified atom stereocenters. The summed E-state index contributed by atoms with van der Waals surface area (Å²) < 4.78 is 11.3. The molecule has 2 aliphatic rings. The Morgan fingerprint density at radius 2 is 1.82 bits per heavy atom. The minimum absolute atomic E-state index is 0.499.